The number of ether oxygens (including phenoxy) is 1. The molecular weight excluding hydrogens is 326 g/mol. The number of fused-ring (bicyclic) bond motifs is 1. The Morgan fingerprint density at radius 2 is 1.96 bits per heavy atom. The molecule has 5 heteroatoms. The van der Waals surface area contributed by atoms with Gasteiger partial charge in [0.2, 0.25) is 5.91 Å². The van der Waals surface area contributed by atoms with Gasteiger partial charge in [-0.2, -0.15) is 0 Å². The number of carbonyl (C=O) groups excluding carboxylic acids is 1. The number of methoxy groups -OCH3 is 1. The minimum atomic E-state index is 0.0783. The van der Waals surface area contributed by atoms with Crippen LogP contribution in [0.1, 0.15) is 23.1 Å². The molecule has 1 aliphatic heterocycles. The van der Waals surface area contributed by atoms with E-state index in [1.54, 1.807) is 19.6 Å². The summed E-state index contributed by atoms with van der Waals surface area (Å²) in [6.45, 7) is 0. The van der Waals surface area contributed by atoms with Gasteiger partial charge < -0.3 is 14.6 Å². The van der Waals surface area contributed by atoms with E-state index in [2.05, 4.69) is 22.6 Å². The lowest BCUT2D eigenvalue weighted by atomic mass is 9.94. The highest BCUT2D eigenvalue weighted by Gasteiger charge is 2.16. The summed E-state index contributed by atoms with van der Waals surface area (Å²) in [5.74, 6) is 0.901. The second kappa shape index (κ2) is 6.88. The van der Waals surface area contributed by atoms with E-state index in [0.29, 0.717) is 6.42 Å². The van der Waals surface area contributed by atoms with Gasteiger partial charge in [-0.1, -0.05) is 18.2 Å². The number of anilines is 1. The fraction of sp³-hybridized carbons (Fsp3) is 0.143. The predicted molar refractivity (Wildman–Crippen MR) is 102 cm³/mol. The molecule has 0 saturated heterocycles. The molecular formula is C21H19N3O2. The summed E-state index contributed by atoms with van der Waals surface area (Å²) in [4.78, 5) is 15.7. The summed E-state index contributed by atoms with van der Waals surface area (Å²) in [6.07, 6.45) is 8.77. The van der Waals surface area contributed by atoms with Crippen molar-refractivity contribution in [1.82, 2.24) is 9.55 Å². The van der Waals surface area contributed by atoms with Gasteiger partial charge in [-0.05, 0) is 47.4 Å². The zero-order valence-corrected chi connectivity index (χ0v) is 14.5. The van der Waals surface area contributed by atoms with E-state index >= 15 is 0 Å². The smallest absolute Gasteiger partial charge is 0.224 e. The number of aryl methyl sites for hydroxylation is 1. The normalized spacial score (nSPS) is 13.9. The number of nitrogens with one attached hydrogen (secondary N) is 1. The Kier molecular flexibility index (Phi) is 4.27. The molecule has 0 saturated carbocycles. The first-order valence-electron chi connectivity index (χ1n) is 8.50. The van der Waals surface area contributed by atoms with Crippen molar-refractivity contribution in [2.24, 2.45) is 0 Å². The Morgan fingerprint density at radius 3 is 2.69 bits per heavy atom. The minimum absolute atomic E-state index is 0.0783. The second-order valence-corrected chi connectivity index (χ2v) is 6.20. The molecule has 0 fully saturated rings. The number of benzene rings is 2. The molecule has 0 radical (unpaired) electrons. The number of carbonyl (C=O) groups is 1. The third kappa shape index (κ3) is 3.24. The Hall–Kier alpha value is -3.34. The van der Waals surface area contributed by atoms with Crippen molar-refractivity contribution in [2.45, 2.75) is 12.8 Å². The molecule has 2 aromatic carbocycles. The molecule has 2 heterocycles. The van der Waals surface area contributed by atoms with Crippen LogP contribution in [-0.2, 0) is 11.2 Å². The van der Waals surface area contributed by atoms with E-state index in [9.17, 15) is 4.79 Å². The van der Waals surface area contributed by atoms with Crippen LogP contribution >= 0.6 is 0 Å². The number of imidazole rings is 1. The number of hydrogen-bond acceptors (Lipinski definition) is 3. The number of rotatable bonds is 4. The lowest BCUT2D eigenvalue weighted by Crippen LogP contribution is -2.18. The molecule has 130 valence electrons. The van der Waals surface area contributed by atoms with Crippen LogP contribution in [0.15, 0.2) is 61.2 Å². The van der Waals surface area contributed by atoms with E-state index in [4.69, 9.17) is 4.74 Å². The quantitative estimate of drug-likeness (QED) is 0.782. The van der Waals surface area contributed by atoms with Crippen LogP contribution in [0.5, 0.6) is 5.75 Å². The van der Waals surface area contributed by atoms with Crippen molar-refractivity contribution in [3.63, 3.8) is 0 Å². The molecule has 0 unspecified atom stereocenters. The van der Waals surface area contributed by atoms with Gasteiger partial charge in [-0.3, -0.25) is 4.79 Å². The van der Waals surface area contributed by atoms with Crippen molar-refractivity contribution in [3.8, 4) is 5.75 Å². The van der Waals surface area contributed by atoms with Crippen molar-refractivity contribution < 1.29 is 9.53 Å². The van der Waals surface area contributed by atoms with E-state index in [1.807, 2.05) is 47.2 Å². The van der Waals surface area contributed by atoms with Gasteiger partial charge >= 0.3 is 0 Å². The molecule has 0 aliphatic carbocycles. The van der Waals surface area contributed by atoms with E-state index in [0.717, 1.165) is 40.1 Å². The Bertz CT molecular complexity index is 957. The summed E-state index contributed by atoms with van der Waals surface area (Å²) in [5, 5.41) is 2.94. The van der Waals surface area contributed by atoms with Crippen molar-refractivity contribution in [3.05, 3.63) is 77.9 Å². The molecule has 4 rings (SSSR count). The summed E-state index contributed by atoms with van der Waals surface area (Å²) in [7, 11) is 1.66. The van der Waals surface area contributed by atoms with Crippen molar-refractivity contribution >= 4 is 23.4 Å². The third-order valence-electron chi connectivity index (χ3n) is 4.52. The van der Waals surface area contributed by atoms with Gasteiger partial charge in [0.05, 0.1) is 13.4 Å². The first kappa shape index (κ1) is 16.1. The van der Waals surface area contributed by atoms with Gasteiger partial charge in [-0.15, -0.1) is 0 Å². The third-order valence-corrected chi connectivity index (χ3v) is 4.52. The highest BCUT2D eigenvalue weighted by molar-refractivity contribution is 5.95. The van der Waals surface area contributed by atoms with Gasteiger partial charge in [0.1, 0.15) is 5.75 Å². The molecule has 1 N–H and O–H groups in total. The van der Waals surface area contributed by atoms with Crippen LogP contribution in [0.3, 0.4) is 0 Å². The first-order chi connectivity index (χ1) is 12.7. The van der Waals surface area contributed by atoms with Crippen molar-refractivity contribution in [2.75, 3.05) is 12.4 Å². The highest BCUT2D eigenvalue weighted by Crippen LogP contribution is 2.31. The Morgan fingerprint density at radius 1 is 1.15 bits per heavy atom. The zero-order chi connectivity index (χ0) is 17.9. The van der Waals surface area contributed by atoms with Crippen LogP contribution in [-0.4, -0.2) is 22.6 Å². The first-order valence-corrected chi connectivity index (χ1v) is 8.50. The molecule has 0 spiro atoms. The van der Waals surface area contributed by atoms with Gasteiger partial charge in [-0.25, -0.2) is 4.98 Å². The topological polar surface area (TPSA) is 56.2 Å². The molecule has 26 heavy (non-hydrogen) atoms. The molecule has 5 nitrogen and oxygen atoms in total. The van der Waals surface area contributed by atoms with Crippen LogP contribution < -0.4 is 10.1 Å². The summed E-state index contributed by atoms with van der Waals surface area (Å²) in [5.41, 5.74) is 5.32. The molecule has 0 atom stereocenters. The van der Waals surface area contributed by atoms with E-state index < -0.39 is 0 Å². The van der Waals surface area contributed by atoms with Gasteiger partial charge in [0.25, 0.3) is 0 Å². The summed E-state index contributed by atoms with van der Waals surface area (Å²) >= 11 is 0. The zero-order valence-electron chi connectivity index (χ0n) is 14.5. The fourth-order valence-electron chi connectivity index (χ4n) is 3.13. The maximum absolute atomic E-state index is 11.6. The standard InChI is InChI=1S/C21H19N3O2/c1-26-18-6-2-15(3-7-18)19(13-24-11-10-22-14-24)16-4-8-20-17(12-16)5-9-21(25)23-20/h2-4,6-8,10-14H,5,9H2,1H3,(H,23,25)/b19-13-. The highest BCUT2D eigenvalue weighted by atomic mass is 16.5. The van der Waals surface area contributed by atoms with Crippen LogP contribution in [0, 0.1) is 0 Å². The van der Waals surface area contributed by atoms with Gasteiger partial charge in [0.15, 0.2) is 0 Å². The molecule has 1 aliphatic rings. The Balaban J connectivity index is 1.79. The average Bonchev–Trinajstić information content (AvgIpc) is 3.19. The largest absolute Gasteiger partial charge is 0.497 e. The Labute approximate surface area is 152 Å². The lowest BCUT2D eigenvalue weighted by molar-refractivity contribution is -0.116. The number of nitrogens with zero attached hydrogens (tertiary/aromatic N) is 2. The average molecular weight is 345 g/mol. The van der Waals surface area contributed by atoms with Crippen LogP contribution in [0.4, 0.5) is 5.69 Å². The fourth-order valence-corrected chi connectivity index (χ4v) is 3.13. The number of amides is 1. The number of hydrogen-bond donors (Lipinski definition) is 1. The van der Waals surface area contributed by atoms with Gasteiger partial charge in [0, 0.05) is 36.3 Å². The summed E-state index contributed by atoms with van der Waals surface area (Å²) in [6, 6.07) is 14.2. The van der Waals surface area contributed by atoms with Crippen LogP contribution in [0.25, 0.3) is 11.8 Å². The number of aromatic nitrogens is 2. The van der Waals surface area contributed by atoms with E-state index in [-0.39, 0.29) is 5.91 Å². The SMILES string of the molecule is COc1ccc(/C(=C/n2ccnc2)c2ccc3c(c2)CCC(=O)N3)cc1. The molecule has 0 bridgehead atoms. The molecule has 3 aromatic rings. The monoisotopic (exact) mass is 345 g/mol. The maximum atomic E-state index is 11.6. The maximum Gasteiger partial charge on any atom is 0.224 e. The molecule has 1 aromatic heterocycles. The minimum Gasteiger partial charge on any atom is -0.497 e. The second-order valence-electron chi connectivity index (χ2n) is 6.20. The summed E-state index contributed by atoms with van der Waals surface area (Å²) < 4.78 is 7.20. The predicted octanol–water partition coefficient (Wildman–Crippen LogP) is 3.82. The lowest BCUT2D eigenvalue weighted by Gasteiger charge is -2.19. The van der Waals surface area contributed by atoms with Crippen LogP contribution in [0.2, 0.25) is 0 Å². The van der Waals surface area contributed by atoms with Crippen molar-refractivity contribution in [1.29, 1.82) is 0 Å². The van der Waals surface area contributed by atoms with E-state index in [1.165, 1.54) is 0 Å². The molecule has 1 amide bonds.